The molecule has 1 aliphatic rings. The van der Waals surface area contributed by atoms with Crippen LogP contribution in [0.1, 0.15) is 11.1 Å². The second kappa shape index (κ2) is 4.53. The van der Waals surface area contributed by atoms with Crippen molar-refractivity contribution in [2.45, 2.75) is 18.9 Å². The average Bonchev–Trinajstić information content (AvgIpc) is 2.81. The predicted molar refractivity (Wildman–Crippen MR) is 72.0 cm³/mol. The third-order valence-electron chi connectivity index (χ3n) is 3.53. The van der Waals surface area contributed by atoms with Gasteiger partial charge in [0, 0.05) is 6.04 Å². The molecule has 0 atom stereocenters. The third-order valence-corrected chi connectivity index (χ3v) is 3.53. The van der Waals surface area contributed by atoms with Crippen molar-refractivity contribution in [2.24, 2.45) is 0 Å². The fourth-order valence-electron chi connectivity index (χ4n) is 2.58. The van der Waals surface area contributed by atoms with Crippen LogP contribution in [0.15, 0.2) is 36.4 Å². The van der Waals surface area contributed by atoms with Crippen molar-refractivity contribution in [2.75, 3.05) is 11.1 Å². The van der Waals surface area contributed by atoms with E-state index < -0.39 is 11.6 Å². The normalized spacial score (nSPS) is 14.4. The van der Waals surface area contributed by atoms with Gasteiger partial charge in [-0.15, -0.1) is 0 Å². The molecule has 2 nitrogen and oxygen atoms in total. The molecule has 0 bridgehead atoms. The first-order valence-electron chi connectivity index (χ1n) is 6.22. The molecular weight excluding hydrogens is 246 g/mol. The molecular formula is C15H14F2N2. The summed E-state index contributed by atoms with van der Waals surface area (Å²) in [5.41, 5.74) is 8.49. The molecule has 2 aromatic carbocycles. The molecule has 2 aromatic rings. The summed E-state index contributed by atoms with van der Waals surface area (Å²) in [5, 5.41) is 3.03. The average molecular weight is 260 g/mol. The summed E-state index contributed by atoms with van der Waals surface area (Å²) in [7, 11) is 0. The van der Waals surface area contributed by atoms with Crippen molar-refractivity contribution in [1.82, 2.24) is 0 Å². The van der Waals surface area contributed by atoms with Crippen molar-refractivity contribution >= 4 is 11.4 Å². The lowest BCUT2D eigenvalue weighted by molar-refractivity contribution is 0.510. The first-order chi connectivity index (χ1) is 9.15. The molecule has 0 aromatic heterocycles. The van der Waals surface area contributed by atoms with Gasteiger partial charge in [-0.1, -0.05) is 24.3 Å². The summed E-state index contributed by atoms with van der Waals surface area (Å²) in [6, 6.07) is 10.6. The van der Waals surface area contributed by atoms with Crippen LogP contribution < -0.4 is 11.1 Å². The highest BCUT2D eigenvalue weighted by molar-refractivity contribution is 5.67. The van der Waals surface area contributed by atoms with Gasteiger partial charge >= 0.3 is 0 Å². The maximum Gasteiger partial charge on any atom is 0.183 e. The monoisotopic (exact) mass is 260 g/mol. The minimum atomic E-state index is -0.907. The summed E-state index contributed by atoms with van der Waals surface area (Å²) in [6.45, 7) is 0. The first-order valence-corrected chi connectivity index (χ1v) is 6.22. The Balaban J connectivity index is 1.83. The topological polar surface area (TPSA) is 38.0 Å². The van der Waals surface area contributed by atoms with E-state index in [-0.39, 0.29) is 17.4 Å². The number of hydrogen-bond acceptors (Lipinski definition) is 2. The number of benzene rings is 2. The van der Waals surface area contributed by atoms with Crippen LogP contribution in [0.4, 0.5) is 20.2 Å². The summed E-state index contributed by atoms with van der Waals surface area (Å²) < 4.78 is 27.0. The molecule has 0 fully saturated rings. The molecule has 98 valence electrons. The van der Waals surface area contributed by atoms with Crippen LogP contribution in [0, 0.1) is 11.6 Å². The van der Waals surface area contributed by atoms with Crippen molar-refractivity contribution < 1.29 is 8.78 Å². The van der Waals surface area contributed by atoms with E-state index in [0.29, 0.717) is 0 Å². The van der Waals surface area contributed by atoms with Crippen molar-refractivity contribution in [3.63, 3.8) is 0 Å². The highest BCUT2D eigenvalue weighted by Crippen LogP contribution is 2.29. The van der Waals surface area contributed by atoms with Crippen molar-refractivity contribution in [3.05, 3.63) is 59.2 Å². The smallest absolute Gasteiger partial charge is 0.183 e. The largest absolute Gasteiger partial charge is 0.397 e. The standard InChI is InChI=1S/C15H14F2N2/c16-12-5-6-13(18)15(14(12)17)19-11-7-9-3-1-2-4-10(9)8-11/h1-6,11,19H,7-8,18H2. The molecule has 0 spiro atoms. The molecule has 3 rings (SSSR count). The first kappa shape index (κ1) is 12.0. The van der Waals surface area contributed by atoms with Crippen LogP contribution in [0.2, 0.25) is 0 Å². The van der Waals surface area contributed by atoms with Gasteiger partial charge in [-0.2, -0.15) is 0 Å². The Hall–Kier alpha value is -2.10. The molecule has 0 unspecified atom stereocenters. The van der Waals surface area contributed by atoms with Crippen LogP contribution >= 0.6 is 0 Å². The van der Waals surface area contributed by atoms with E-state index in [2.05, 4.69) is 17.4 Å². The van der Waals surface area contributed by atoms with Gasteiger partial charge in [-0.3, -0.25) is 0 Å². The van der Waals surface area contributed by atoms with Gasteiger partial charge < -0.3 is 11.1 Å². The van der Waals surface area contributed by atoms with E-state index in [0.717, 1.165) is 18.9 Å². The fourth-order valence-corrected chi connectivity index (χ4v) is 2.58. The minimum Gasteiger partial charge on any atom is -0.397 e. The van der Waals surface area contributed by atoms with Gasteiger partial charge in [0.1, 0.15) is 0 Å². The lowest BCUT2D eigenvalue weighted by Crippen LogP contribution is -2.21. The fraction of sp³-hybridized carbons (Fsp3) is 0.200. The number of rotatable bonds is 2. The van der Waals surface area contributed by atoms with Crippen molar-refractivity contribution in [1.29, 1.82) is 0 Å². The summed E-state index contributed by atoms with van der Waals surface area (Å²) in [5.74, 6) is -1.79. The molecule has 0 saturated heterocycles. The maximum atomic E-state index is 13.7. The van der Waals surface area contributed by atoms with E-state index in [4.69, 9.17) is 5.73 Å². The van der Waals surface area contributed by atoms with E-state index in [1.165, 1.54) is 17.2 Å². The molecule has 3 N–H and O–H groups in total. The Kier molecular flexibility index (Phi) is 2.85. The van der Waals surface area contributed by atoms with Gasteiger partial charge in [0.2, 0.25) is 0 Å². The van der Waals surface area contributed by atoms with Crippen LogP contribution in [-0.4, -0.2) is 6.04 Å². The van der Waals surface area contributed by atoms with Gasteiger partial charge in [0.15, 0.2) is 11.6 Å². The zero-order valence-electron chi connectivity index (χ0n) is 10.3. The predicted octanol–water partition coefficient (Wildman–Crippen LogP) is 3.13. The number of halogens is 2. The van der Waals surface area contributed by atoms with E-state index in [1.54, 1.807) is 0 Å². The number of fused-ring (bicyclic) bond motifs is 1. The summed E-state index contributed by atoms with van der Waals surface area (Å²) >= 11 is 0. The Morgan fingerprint density at radius 2 is 1.63 bits per heavy atom. The second-order valence-electron chi connectivity index (χ2n) is 4.84. The van der Waals surface area contributed by atoms with E-state index >= 15 is 0 Å². The summed E-state index contributed by atoms with van der Waals surface area (Å²) in [6.07, 6.45) is 1.59. The minimum absolute atomic E-state index is 0.0519. The highest BCUT2D eigenvalue weighted by Gasteiger charge is 2.23. The quantitative estimate of drug-likeness (QED) is 0.814. The number of nitrogens with two attached hydrogens (primary N) is 1. The SMILES string of the molecule is Nc1ccc(F)c(F)c1NC1Cc2ccccc2C1. The summed E-state index contributed by atoms with van der Waals surface area (Å²) in [4.78, 5) is 0. The van der Waals surface area contributed by atoms with E-state index in [9.17, 15) is 8.78 Å². The molecule has 0 saturated carbocycles. The van der Waals surface area contributed by atoms with Crippen molar-refractivity contribution in [3.8, 4) is 0 Å². The molecule has 4 heteroatoms. The highest BCUT2D eigenvalue weighted by atomic mass is 19.2. The van der Waals surface area contributed by atoms with Crippen LogP contribution in [0.25, 0.3) is 0 Å². The van der Waals surface area contributed by atoms with Crippen LogP contribution in [-0.2, 0) is 12.8 Å². The Morgan fingerprint density at radius 3 is 2.26 bits per heavy atom. The third kappa shape index (κ3) is 2.14. The molecule has 19 heavy (non-hydrogen) atoms. The van der Waals surface area contributed by atoms with Gasteiger partial charge in [-0.05, 0) is 36.1 Å². The Labute approximate surface area is 110 Å². The van der Waals surface area contributed by atoms with Gasteiger partial charge in [-0.25, -0.2) is 8.78 Å². The van der Waals surface area contributed by atoms with Gasteiger partial charge in [0.25, 0.3) is 0 Å². The number of hydrogen-bond donors (Lipinski definition) is 2. The zero-order chi connectivity index (χ0) is 13.4. The Morgan fingerprint density at radius 1 is 1.00 bits per heavy atom. The lowest BCUT2D eigenvalue weighted by Gasteiger charge is -2.16. The van der Waals surface area contributed by atoms with E-state index in [1.807, 2.05) is 12.1 Å². The van der Waals surface area contributed by atoms with Gasteiger partial charge in [0.05, 0.1) is 11.4 Å². The zero-order valence-corrected chi connectivity index (χ0v) is 10.3. The molecule has 0 amide bonds. The molecule has 0 aliphatic heterocycles. The van der Waals surface area contributed by atoms with Crippen LogP contribution in [0.5, 0.6) is 0 Å². The lowest BCUT2D eigenvalue weighted by atomic mass is 10.1. The molecule has 0 radical (unpaired) electrons. The van der Waals surface area contributed by atoms with Crippen LogP contribution in [0.3, 0.4) is 0 Å². The maximum absolute atomic E-state index is 13.7. The molecule has 1 aliphatic carbocycles. The molecule has 0 heterocycles. The second-order valence-corrected chi connectivity index (χ2v) is 4.84. The number of anilines is 2. The Bertz CT molecular complexity index is 601. The number of nitrogen functional groups attached to an aromatic ring is 1. The number of nitrogens with one attached hydrogen (secondary N) is 1.